The average Bonchev–Trinajstić information content (AvgIpc) is 2.54. The molecule has 0 aromatic heterocycles. The first-order valence-corrected chi connectivity index (χ1v) is 7.16. The summed E-state index contributed by atoms with van der Waals surface area (Å²) in [6.07, 6.45) is -3.58. The lowest BCUT2D eigenvalue weighted by molar-refractivity contribution is -0.140. The highest BCUT2D eigenvalue weighted by Gasteiger charge is 2.29. The van der Waals surface area contributed by atoms with E-state index < -0.39 is 42.7 Å². The average molecular weight is 336 g/mol. The second-order valence-corrected chi connectivity index (χ2v) is 5.00. The van der Waals surface area contributed by atoms with Crippen molar-refractivity contribution in [3.05, 3.63) is 0 Å². The first-order chi connectivity index (χ1) is 10.8. The number of hydrogen-bond acceptors (Lipinski definition) is 8. The van der Waals surface area contributed by atoms with Gasteiger partial charge in [-0.1, -0.05) is 0 Å². The number of carbonyl (C=O) groups is 3. The molecule has 134 valence electrons. The number of hydrogen-bond donors (Lipinski definition) is 7. The van der Waals surface area contributed by atoms with E-state index in [2.05, 4.69) is 10.6 Å². The zero-order chi connectivity index (χ0) is 17.8. The van der Waals surface area contributed by atoms with Gasteiger partial charge in [0.05, 0.1) is 13.2 Å². The highest BCUT2D eigenvalue weighted by Crippen LogP contribution is 2.02. The van der Waals surface area contributed by atoms with Crippen molar-refractivity contribution in [1.29, 1.82) is 0 Å². The zero-order valence-electron chi connectivity index (χ0n) is 12.6. The summed E-state index contributed by atoms with van der Waals surface area (Å²) in [5.74, 6) is -1.86. The molecule has 0 aliphatic carbocycles. The van der Waals surface area contributed by atoms with Gasteiger partial charge in [0.25, 0.3) is 0 Å². The van der Waals surface area contributed by atoms with E-state index in [1.165, 1.54) is 0 Å². The van der Waals surface area contributed by atoms with Gasteiger partial charge in [0.2, 0.25) is 6.41 Å². The molecule has 0 aromatic rings. The van der Waals surface area contributed by atoms with Crippen molar-refractivity contribution in [2.75, 3.05) is 19.7 Å². The second kappa shape index (κ2) is 11.9. The SMILES string of the molecule is O=CN[C@@H](CCCCNCC(=O)[C@@H](O)[C@H](O)[C@H](O)CO)C(=O)O. The normalized spacial score (nSPS) is 16.2. The van der Waals surface area contributed by atoms with E-state index in [4.69, 9.17) is 15.3 Å². The van der Waals surface area contributed by atoms with Gasteiger partial charge in [-0.3, -0.25) is 9.59 Å². The lowest BCUT2D eigenvalue weighted by Gasteiger charge is -2.20. The van der Waals surface area contributed by atoms with E-state index in [0.29, 0.717) is 25.8 Å². The Morgan fingerprint density at radius 3 is 2.30 bits per heavy atom. The number of rotatable bonds is 14. The standard InChI is InChI=1S/C13H24N2O8/c16-6-10(19)12(21)11(20)9(18)5-14-4-2-1-3-8(13(22)23)15-7-17/h7-8,10-12,14,16,19-21H,1-6H2,(H,15,17)(H,22,23)/t8-,10+,11+,12+/m0/s1. The molecule has 0 rings (SSSR count). The summed E-state index contributed by atoms with van der Waals surface area (Å²) >= 11 is 0. The van der Waals surface area contributed by atoms with Crippen molar-refractivity contribution < 1.29 is 39.9 Å². The molecule has 0 unspecified atom stereocenters. The maximum Gasteiger partial charge on any atom is 0.326 e. The van der Waals surface area contributed by atoms with Gasteiger partial charge in [-0.15, -0.1) is 0 Å². The Bertz CT molecular complexity index is 379. The highest BCUT2D eigenvalue weighted by molar-refractivity contribution is 5.85. The summed E-state index contributed by atoms with van der Waals surface area (Å²) in [7, 11) is 0. The van der Waals surface area contributed by atoms with Crippen molar-refractivity contribution in [2.45, 2.75) is 43.6 Å². The largest absolute Gasteiger partial charge is 0.480 e. The number of nitrogens with one attached hydrogen (secondary N) is 2. The van der Waals surface area contributed by atoms with Gasteiger partial charge in [0, 0.05) is 0 Å². The summed E-state index contributed by atoms with van der Waals surface area (Å²) < 4.78 is 0. The van der Waals surface area contributed by atoms with E-state index >= 15 is 0 Å². The molecule has 0 bridgehead atoms. The van der Waals surface area contributed by atoms with Crippen LogP contribution >= 0.6 is 0 Å². The number of aliphatic carboxylic acids is 1. The molecule has 0 saturated heterocycles. The van der Waals surface area contributed by atoms with E-state index in [1.807, 2.05) is 0 Å². The Kier molecular flexibility index (Phi) is 11.1. The molecule has 4 atom stereocenters. The molecule has 0 aliphatic rings. The Morgan fingerprint density at radius 1 is 1.13 bits per heavy atom. The zero-order valence-corrected chi connectivity index (χ0v) is 12.6. The van der Waals surface area contributed by atoms with E-state index in [1.54, 1.807) is 0 Å². The van der Waals surface area contributed by atoms with Crippen LogP contribution in [-0.4, -0.2) is 87.7 Å². The predicted octanol–water partition coefficient (Wildman–Crippen LogP) is -3.41. The van der Waals surface area contributed by atoms with E-state index in [0.717, 1.165) is 0 Å². The van der Waals surface area contributed by atoms with Crippen molar-refractivity contribution in [1.82, 2.24) is 10.6 Å². The molecule has 0 spiro atoms. The number of Topliss-reactive ketones (excluding diaryl/α,β-unsaturated/α-hetero) is 1. The van der Waals surface area contributed by atoms with Crippen LogP contribution in [-0.2, 0) is 14.4 Å². The minimum atomic E-state index is -1.81. The third kappa shape index (κ3) is 8.57. The smallest absolute Gasteiger partial charge is 0.326 e. The predicted molar refractivity (Wildman–Crippen MR) is 77.5 cm³/mol. The van der Waals surface area contributed by atoms with Crippen LogP contribution < -0.4 is 10.6 Å². The molecule has 23 heavy (non-hydrogen) atoms. The summed E-state index contributed by atoms with van der Waals surface area (Å²) in [4.78, 5) is 32.5. The van der Waals surface area contributed by atoms with Crippen molar-refractivity contribution in [2.24, 2.45) is 0 Å². The minimum absolute atomic E-state index is 0.244. The van der Waals surface area contributed by atoms with Crippen LogP contribution in [0, 0.1) is 0 Å². The molecule has 0 saturated carbocycles. The number of ketones is 1. The third-order valence-electron chi connectivity index (χ3n) is 3.20. The summed E-state index contributed by atoms with van der Waals surface area (Å²) in [6.45, 7) is -0.658. The molecule has 1 amide bonds. The molecule has 10 nitrogen and oxygen atoms in total. The molecule has 0 heterocycles. The van der Waals surface area contributed by atoms with E-state index in [-0.39, 0.29) is 13.0 Å². The third-order valence-corrected chi connectivity index (χ3v) is 3.20. The lowest BCUT2D eigenvalue weighted by Crippen LogP contribution is -2.46. The topological polar surface area (TPSA) is 176 Å². The second-order valence-electron chi connectivity index (χ2n) is 5.00. The monoisotopic (exact) mass is 336 g/mol. The molecule has 7 N–H and O–H groups in total. The maximum atomic E-state index is 11.5. The fraction of sp³-hybridized carbons (Fsp3) is 0.769. The molecule has 0 aromatic carbocycles. The number of unbranched alkanes of at least 4 members (excludes halogenated alkanes) is 1. The van der Waals surface area contributed by atoms with Crippen LogP contribution in [0.25, 0.3) is 0 Å². The van der Waals surface area contributed by atoms with Crippen LogP contribution in [0.5, 0.6) is 0 Å². The van der Waals surface area contributed by atoms with Crippen LogP contribution in [0.4, 0.5) is 0 Å². The summed E-state index contributed by atoms with van der Waals surface area (Å²) in [5, 5.41) is 50.2. The van der Waals surface area contributed by atoms with Crippen molar-refractivity contribution in [3.63, 3.8) is 0 Å². The molecule has 0 aliphatic heterocycles. The number of carbonyl (C=O) groups excluding carboxylic acids is 2. The fourth-order valence-electron chi connectivity index (χ4n) is 1.78. The number of aliphatic hydroxyl groups excluding tert-OH is 4. The van der Waals surface area contributed by atoms with Crippen molar-refractivity contribution in [3.8, 4) is 0 Å². The number of carboxylic acid groups (broad SMARTS) is 1. The maximum absolute atomic E-state index is 11.5. The molecular formula is C13H24N2O8. The number of carboxylic acids is 1. The van der Waals surface area contributed by atoms with Gasteiger partial charge in [-0.25, -0.2) is 4.79 Å². The number of aliphatic hydroxyl groups is 4. The quantitative estimate of drug-likeness (QED) is 0.126. The Morgan fingerprint density at radius 2 is 1.78 bits per heavy atom. The van der Waals surface area contributed by atoms with Gasteiger partial charge in [0.15, 0.2) is 5.78 Å². The van der Waals surface area contributed by atoms with Crippen LogP contribution in [0.2, 0.25) is 0 Å². The summed E-state index contributed by atoms with van der Waals surface area (Å²) in [6, 6.07) is -0.953. The van der Waals surface area contributed by atoms with Crippen LogP contribution in [0.3, 0.4) is 0 Å². The van der Waals surface area contributed by atoms with Gasteiger partial charge in [-0.05, 0) is 25.8 Å². The Hall–Kier alpha value is -1.59. The Labute approximate surface area is 133 Å². The Balaban J connectivity index is 3.88. The van der Waals surface area contributed by atoms with Crippen LogP contribution in [0.1, 0.15) is 19.3 Å². The molecule has 10 heteroatoms. The molecule has 0 radical (unpaired) electrons. The first kappa shape index (κ1) is 21.4. The first-order valence-electron chi connectivity index (χ1n) is 7.16. The molecular weight excluding hydrogens is 312 g/mol. The molecule has 0 fully saturated rings. The van der Waals surface area contributed by atoms with Crippen molar-refractivity contribution >= 4 is 18.2 Å². The van der Waals surface area contributed by atoms with E-state index in [9.17, 15) is 24.6 Å². The highest BCUT2D eigenvalue weighted by atomic mass is 16.4. The van der Waals surface area contributed by atoms with Crippen LogP contribution in [0.15, 0.2) is 0 Å². The fourth-order valence-corrected chi connectivity index (χ4v) is 1.78. The minimum Gasteiger partial charge on any atom is -0.480 e. The summed E-state index contributed by atoms with van der Waals surface area (Å²) in [5.41, 5.74) is 0. The lowest BCUT2D eigenvalue weighted by atomic mass is 10.0. The van der Waals surface area contributed by atoms with Gasteiger partial charge < -0.3 is 36.2 Å². The van der Waals surface area contributed by atoms with Gasteiger partial charge >= 0.3 is 5.97 Å². The number of amides is 1. The van der Waals surface area contributed by atoms with Gasteiger partial charge in [0.1, 0.15) is 24.4 Å². The van der Waals surface area contributed by atoms with Gasteiger partial charge in [-0.2, -0.15) is 0 Å².